The quantitative estimate of drug-likeness (QED) is 0.494. The molecule has 0 bridgehead atoms. The predicted molar refractivity (Wildman–Crippen MR) is 120 cm³/mol. The minimum Gasteiger partial charge on any atom is -0.497 e. The molecule has 2 aromatic carbocycles. The van der Waals surface area contributed by atoms with Gasteiger partial charge in [-0.15, -0.1) is 0 Å². The first-order chi connectivity index (χ1) is 15.1. The van der Waals surface area contributed by atoms with Crippen molar-refractivity contribution in [2.24, 2.45) is 0 Å². The zero-order valence-electron chi connectivity index (χ0n) is 18.0. The van der Waals surface area contributed by atoms with Crippen LogP contribution in [0.4, 0.5) is 4.39 Å². The Morgan fingerprint density at radius 1 is 1.06 bits per heavy atom. The van der Waals surface area contributed by atoms with Crippen molar-refractivity contribution in [1.29, 1.82) is 0 Å². The van der Waals surface area contributed by atoms with Crippen LogP contribution < -0.4 is 4.74 Å². The summed E-state index contributed by atoms with van der Waals surface area (Å²) in [5.74, 6) is 0.483. The third-order valence-corrected chi connectivity index (χ3v) is 6.09. The van der Waals surface area contributed by atoms with Crippen LogP contribution in [0.1, 0.15) is 53.7 Å². The van der Waals surface area contributed by atoms with Gasteiger partial charge in [-0.2, -0.15) is 0 Å². The van der Waals surface area contributed by atoms with Crippen molar-refractivity contribution in [3.05, 3.63) is 89.5 Å². The van der Waals surface area contributed by atoms with Crippen molar-refractivity contribution in [2.75, 3.05) is 7.11 Å². The van der Waals surface area contributed by atoms with Gasteiger partial charge in [-0.1, -0.05) is 37.5 Å². The maximum Gasteiger partial charge on any atom is 0.254 e. The normalized spacial score (nSPS) is 14.4. The van der Waals surface area contributed by atoms with Crippen molar-refractivity contribution in [2.45, 2.75) is 51.2 Å². The molecule has 0 aliphatic heterocycles. The Bertz CT molecular complexity index is 1020. The van der Waals surface area contributed by atoms with Crippen molar-refractivity contribution in [1.82, 2.24) is 9.47 Å². The molecule has 0 spiro atoms. The summed E-state index contributed by atoms with van der Waals surface area (Å²) < 4.78 is 21.1. The average Bonchev–Trinajstić information content (AvgIpc) is 3.24. The SMILES string of the molecule is COc1cccc(C(=O)N(Cc2cccn2Cc2cccc(F)c2)C2CCCCC2)c1. The van der Waals surface area contributed by atoms with Gasteiger partial charge in [0.2, 0.25) is 0 Å². The third kappa shape index (κ3) is 5.16. The number of halogens is 1. The van der Waals surface area contributed by atoms with Crippen LogP contribution in [-0.2, 0) is 13.1 Å². The number of aromatic nitrogens is 1. The predicted octanol–water partition coefficient (Wildman–Crippen LogP) is 5.66. The van der Waals surface area contributed by atoms with Crippen LogP contribution in [0.3, 0.4) is 0 Å². The highest BCUT2D eigenvalue weighted by atomic mass is 19.1. The van der Waals surface area contributed by atoms with E-state index in [0.29, 0.717) is 24.4 Å². The van der Waals surface area contributed by atoms with Crippen LogP contribution in [0, 0.1) is 5.82 Å². The van der Waals surface area contributed by atoms with Crippen molar-refractivity contribution in [3.8, 4) is 5.75 Å². The van der Waals surface area contributed by atoms with E-state index in [1.807, 2.05) is 53.6 Å². The van der Waals surface area contributed by atoms with Gasteiger partial charge in [0.1, 0.15) is 11.6 Å². The van der Waals surface area contributed by atoms with Crippen LogP contribution in [0.15, 0.2) is 66.9 Å². The molecule has 1 aliphatic carbocycles. The maximum absolute atomic E-state index is 13.6. The molecule has 1 aromatic heterocycles. The molecule has 5 heteroatoms. The first-order valence-corrected chi connectivity index (χ1v) is 11.0. The molecule has 1 heterocycles. The van der Waals surface area contributed by atoms with E-state index < -0.39 is 0 Å². The zero-order chi connectivity index (χ0) is 21.6. The van der Waals surface area contributed by atoms with E-state index in [1.54, 1.807) is 19.2 Å². The third-order valence-electron chi connectivity index (χ3n) is 6.09. The number of methoxy groups -OCH3 is 1. The molecule has 1 aliphatic rings. The Morgan fingerprint density at radius 2 is 1.87 bits per heavy atom. The number of carbonyl (C=O) groups excluding carboxylic acids is 1. The highest BCUT2D eigenvalue weighted by molar-refractivity contribution is 5.94. The first-order valence-electron chi connectivity index (χ1n) is 11.0. The second-order valence-corrected chi connectivity index (χ2v) is 8.21. The summed E-state index contributed by atoms with van der Waals surface area (Å²) in [6, 6.07) is 18.3. The van der Waals surface area contributed by atoms with Crippen LogP contribution in [0.2, 0.25) is 0 Å². The maximum atomic E-state index is 13.6. The molecular weight excluding hydrogens is 391 g/mol. The van der Waals surface area contributed by atoms with Crippen molar-refractivity contribution < 1.29 is 13.9 Å². The Morgan fingerprint density at radius 3 is 2.65 bits per heavy atom. The Kier molecular flexibility index (Phi) is 6.70. The lowest BCUT2D eigenvalue weighted by Crippen LogP contribution is -2.41. The summed E-state index contributed by atoms with van der Waals surface area (Å²) in [5.41, 5.74) is 2.60. The largest absolute Gasteiger partial charge is 0.497 e. The lowest BCUT2D eigenvalue weighted by atomic mass is 9.93. The molecule has 1 fully saturated rings. The summed E-state index contributed by atoms with van der Waals surface area (Å²) in [6.07, 6.45) is 7.58. The Labute approximate surface area is 183 Å². The standard InChI is InChI=1S/C26H29FN2O2/c1-31-25-14-6-9-21(17-25)26(30)29(23-11-3-2-4-12-23)19-24-13-7-15-28(24)18-20-8-5-10-22(27)16-20/h5-10,13-17,23H,2-4,11-12,18-19H2,1H3. The molecule has 0 unspecified atom stereocenters. The van der Waals surface area contributed by atoms with Gasteiger partial charge in [-0.3, -0.25) is 4.79 Å². The second kappa shape index (κ2) is 9.82. The number of ether oxygens (including phenoxy) is 1. The highest BCUT2D eigenvalue weighted by Gasteiger charge is 2.27. The summed E-state index contributed by atoms with van der Waals surface area (Å²) >= 11 is 0. The van der Waals surface area contributed by atoms with E-state index in [1.165, 1.54) is 12.5 Å². The smallest absolute Gasteiger partial charge is 0.254 e. The summed E-state index contributed by atoms with van der Waals surface area (Å²) in [4.78, 5) is 15.6. The van der Waals surface area contributed by atoms with Gasteiger partial charge in [0, 0.05) is 30.0 Å². The monoisotopic (exact) mass is 420 g/mol. The molecule has 162 valence electrons. The van der Waals surface area contributed by atoms with Crippen LogP contribution in [0.25, 0.3) is 0 Å². The topological polar surface area (TPSA) is 34.5 Å². The van der Waals surface area contributed by atoms with Crippen LogP contribution >= 0.6 is 0 Å². The number of hydrogen-bond acceptors (Lipinski definition) is 2. The summed E-state index contributed by atoms with van der Waals surface area (Å²) in [6.45, 7) is 1.11. The van der Waals surface area contributed by atoms with Gasteiger partial charge in [-0.05, 0) is 60.9 Å². The van der Waals surface area contributed by atoms with Crippen LogP contribution in [-0.4, -0.2) is 28.5 Å². The van der Waals surface area contributed by atoms with Crippen LogP contribution in [0.5, 0.6) is 5.75 Å². The molecule has 4 nitrogen and oxygen atoms in total. The number of amides is 1. The van der Waals surface area contributed by atoms with Gasteiger partial charge >= 0.3 is 0 Å². The van der Waals surface area contributed by atoms with E-state index in [9.17, 15) is 9.18 Å². The highest BCUT2D eigenvalue weighted by Crippen LogP contribution is 2.27. The molecule has 3 aromatic rings. The number of nitrogens with zero attached hydrogens (tertiary/aromatic N) is 2. The van der Waals surface area contributed by atoms with Gasteiger partial charge in [0.15, 0.2) is 0 Å². The number of rotatable bonds is 7. The molecule has 0 saturated heterocycles. The fourth-order valence-electron chi connectivity index (χ4n) is 4.44. The zero-order valence-corrected chi connectivity index (χ0v) is 18.0. The molecule has 0 N–H and O–H groups in total. The molecule has 4 rings (SSSR count). The fraction of sp³-hybridized carbons (Fsp3) is 0.346. The van der Waals surface area contributed by atoms with Gasteiger partial charge in [0.05, 0.1) is 13.7 Å². The second-order valence-electron chi connectivity index (χ2n) is 8.21. The summed E-state index contributed by atoms with van der Waals surface area (Å²) in [7, 11) is 1.61. The van der Waals surface area contributed by atoms with Crippen molar-refractivity contribution >= 4 is 5.91 Å². The van der Waals surface area contributed by atoms with Gasteiger partial charge < -0.3 is 14.2 Å². The number of carbonyl (C=O) groups is 1. The lowest BCUT2D eigenvalue weighted by molar-refractivity contribution is 0.0608. The van der Waals surface area contributed by atoms with E-state index in [-0.39, 0.29) is 17.8 Å². The molecular formula is C26H29FN2O2. The molecule has 1 amide bonds. The molecule has 0 radical (unpaired) electrons. The van der Waals surface area contributed by atoms with E-state index in [0.717, 1.165) is 36.9 Å². The molecule has 1 saturated carbocycles. The number of benzene rings is 2. The summed E-state index contributed by atoms with van der Waals surface area (Å²) in [5, 5.41) is 0. The molecule has 31 heavy (non-hydrogen) atoms. The lowest BCUT2D eigenvalue weighted by Gasteiger charge is -2.35. The van der Waals surface area contributed by atoms with Crippen molar-refractivity contribution in [3.63, 3.8) is 0 Å². The van der Waals surface area contributed by atoms with E-state index >= 15 is 0 Å². The van der Waals surface area contributed by atoms with E-state index in [4.69, 9.17) is 4.74 Å². The molecule has 0 atom stereocenters. The first kappa shape index (κ1) is 21.2. The number of hydrogen-bond donors (Lipinski definition) is 0. The Balaban J connectivity index is 1.59. The Hall–Kier alpha value is -3.08. The van der Waals surface area contributed by atoms with E-state index in [2.05, 4.69) is 4.57 Å². The fourth-order valence-corrected chi connectivity index (χ4v) is 4.44. The van der Waals surface area contributed by atoms with Gasteiger partial charge in [-0.25, -0.2) is 4.39 Å². The minimum absolute atomic E-state index is 0.0318. The van der Waals surface area contributed by atoms with Gasteiger partial charge in [0.25, 0.3) is 5.91 Å². The average molecular weight is 421 g/mol. The minimum atomic E-state index is -0.233.